The molecule has 0 saturated heterocycles. The van der Waals surface area contributed by atoms with Crippen LogP contribution in [0.3, 0.4) is 0 Å². The van der Waals surface area contributed by atoms with Crippen molar-refractivity contribution in [2.45, 2.75) is 51.6 Å². The lowest BCUT2D eigenvalue weighted by Gasteiger charge is -2.32. The number of fused-ring (bicyclic) bond motifs is 2. The van der Waals surface area contributed by atoms with Gasteiger partial charge in [-0.05, 0) is 115 Å². The van der Waals surface area contributed by atoms with Crippen molar-refractivity contribution < 1.29 is 8.42 Å². The third kappa shape index (κ3) is 7.53. The Morgan fingerprint density at radius 1 is 0.469 bits per heavy atom. The van der Waals surface area contributed by atoms with Crippen LogP contribution in [0.25, 0.3) is 32.7 Å². The number of nitrogens with zero attached hydrogens (tertiary/aromatic N) is 2. The van der Waals surface area contributed by atoms with Gasteiger partial charge in [0, 0.05) is 11.1 Å². The van der Waals surface area contributed by atoms with Crippen molar-refractivity contribution in [1.82, 2.24) is 4.31 Å². The van der Waals surface area contributed by atoms with Gasteiger partial charge in [-0.25, -0.2) is 12.7 Å². The Balaban J connectivity index is 1.34. The topological polar surface area (TPSA) is 49.7 Å². The maximum absolute atomic E-state index is 15.7. The summed E-state index contributed by atoms with van der Waals surface area (Å²) in [4.78, 5) is 5.88. The first-order chi connectivity index (χ1) is 31.0. The highest BCUT2D eigenvalue weighted by atomic mass is 32.2. The van der Waals surface area contributed by atoms with Gasteiger partial charge in [-0.15, -0.1) is 0 Å². The first-order valence-electron chi connectivity index (χ1n) is 21.8. The molecule has 6 heteroatoms. The van der Waals surface area contributed by atoms with Gasteiger partial charge >= 0.3 is 0 Å². The molecular weight excluding hydrogens is 820 g/mol. The Kier molecular flexibility index (Phi) is 10.9. The van der Waals surface area contributed by atoms with Crippen LogP contribution in [-0.2, 0) is 10.0 Å². The smallest absolute Gasteiger partial charge is 0.256 e. The van der Waals surface area contributed by atoms with Crippen molar-refractivity contribution >= 4 is 61.2 Å². The van der Waals surface area contributed by atoms with Crippen LogP contribution >= 0.6 is 7.92 Å². The molecule has 1 aliphatic rings. The lowest BCUT2D eigenvalue weighted by atomic mass is 9.89. The zero-order chi connectivity index (χ0) is 44.1. The molecule has 4 nitrogen and oxygen atoms in total. The van der Waals surface area contributed by atoms with E-state index in [1.165, 1.54) is 38.2 Å². The monoisotopic (exact) mass is 868 g/mol. The number of sulfonamides is 1. The summed E-state index contributed by atoms with van der Waals surface area (Å²) in [6.45, 7) is 10.7. The molecule has 0 saturated carbocycles. The van der Waals surface area contributed by atoms with Crippen molar-refractivity contribution in [2.75, 3.05) is 0 Å². The van der Waals surface area contributed by atoms with Crippen LogP contribution in [0.1, 0.15) is 56.6 Å². The van der Waals surface area contributed by atoms with Gasteiger partial charge in [0.1, 0.15) is 11.9 Å². The Morgan fingerprint density at radius 2 is 0.953 bits per heavy atom. The van der Waals surface area contributed by atoms with Gasteiger partial charge in [0.2, 0.25) is 0 Å². The molecule has 64 heavy (non-hydrogen) atoms. The zero-order valence-corrected chi connectivity index (χ0v) is 38.4. The third-order valence-corrected chi connectivity index (χ3v) is 16.6. The van der Waals surface area contributed by atoms with Crippen molar-refractivity contribution in [3.05, 3.63) is 239 Å². The molecule has 9 aromatic carbocycles. The summed E-state index contributed by atoms with van der Waals surface area (Å²) in [5.41, 5.74) is 10.5. The highest BCUT2D eigenvalue weighted by molar-refractivity contribution is 7.89. The Labute approximate surface area is 378 Å². The summed E-state index contributed by atoms with van der Waals surface area (Å²) in [5, 5.41) is 8.04. The van der Waals surface area contributed by atoms with E-state index in [2.05, 4.69) is 149 Å². The normalized spacial score (nSPS) is 15.3. The van der Waals surface area contributed by atoms with Crippen LogP contribution in [0.15, 0.2) is 204 Å². The van der Waals surface area contributed by atoms with E-state index >= 15 is 8.42 Å². The van der Waals surface area contributed by atoms with Crippen LogP contribution in [0.4, 0.5) is 0 Å². The number of hydrogen-bond donors (Lipinski definition) is 0. The second-order valence-electron chi connectivity index (χ2n) is 17.2. The van der Waals surface area contributed by atoms with Crippen molar-refractivity contribution in [1.29, 1.82) is 0 Å². The van der Waals surface area contributed by atoms with E-state index in [4.69, 9.17) is 4.99 Å². The molecule has 0 bridgehead atoms. The molecule has 0 aliphatic carbocycles. The Bertz CT molecular complexity index is 3270. The molecule has 0 spiro atoms. The average Bonchev–Trinajstić information content (AvgIpc) is 3.71. The number of aliphatic imine (C=N–C) groups is 1. The summed E-state index contributed by atoms with van der Waals surface area (Å²) in [7, 11) is -5.35. The largest absolute Gasteiger partial charge is 0.266 e. The van der Waals surface area contributed by atoms with Crippen LogP contribution < -0.4 is 15.9 Å². The minimum absolute atomic E-state index is 0.224. The molecule has 9 aromatic rings. The van der Waals surface area contributed by atoms with Gasteiger partial charge in [-0.2, -0.15) is 0 Å². The molecule has 0 unspecified atom stereocenters. The van der Waals surface area contributed by atoms with E-state index in [0.717, 1.165) is 54.9 Å². The summed E-state index contributed by atoms with van der Waals surface area (Å²) in [6, 6.07) is 66.0. The molecule has 0 aromatic heterocycles. The maximum Gasteiger partial charge on any atom is 0.266 e. The minimum atomic E-state index is -4.21. The van der Waals surface area contributed by atoms with Crippen molar-refractivity contribution in [3.63, 3.8) is 0 Å². The lowest BCUT2D eigenvalue weighted by molar-refractivity contribution is 0.420. The second-order valence-corrected chi connectivity index (χ2v) is 21.2. The Morgan fingerprint density at radius 3 is 1.52 bits per heavy atom. The summed E-state index contributed by atoms with van der Waals surface area (Å²) < 4.78 is 33.1. The van der Waals surface area contributed by atoms with E-state index in [0.29, 0.717) is 5.84 Å². The molecular formula is C58H49N2O2PS. The standard InChI is InChI=1S/C58H49N2O2PS/c1-38-24-28-49(29-25-38)64(61,62)60-57(46-20-10-7-11-21-46)56(45-18-8-6-9-19-45)59-58(60)52-30-26-43-16-12-14-22-50(43)54(52)55-51-23-15-13-17-44(51)27-31-53(55)63(47-34-39(2)32-40(3)35-47)48-36-41(4)33-42(5)37-48/h6-37,56-57H,1-5H3/t56-,57-/m0/s1. The molecule has 0 radical (unpaired) electrons. The van der Waals surface area contributed by atoms with Crippen LogP contribution in [0.2, 0.25) is 0 Å². The van der Waals surface area contributed by atoms with E-state index < -0.39 is 30.0 Å². The molecule has 10 rings (SSSR count). The molecule has 0 fully saturated rings. The fourth-order valence-corrected chi connectivity index (χ4v) is 14.2. The summed E-state index contributed by atoms with van der Waals surface area (Å²) in [5.74, 6) is 0.421. The predicted octanol–water partition coefficient (Wildman–Crippen LogP) is 12.9. The second kappa shape index (κ2) is 16.8. The van der Waals surface area contributed by atoms with Crippen molar-refractivity contribution in [3.8, 4) is 11.1 Å². The van der Waals surface area contributed by atoms with E-state index in [1.54, 1.807) is 16.4 Å². The van der Waals surface area contributed by atoms with Gasteiger partial charge in [0.25, 0.3) is 10.0 Å². The van der Waals surface area contributed by atoms with Crippen molar-refractivity contribution in [2.24, 2.45) is 4.99 Å². The highest BCUT2D eigenvalue weighted by Gasteiger charge is 2.46. The van der Waals surface area contributed by atoms with Gasteiger partial charge in [-0.1, -0.05) is 204 Å². The van der Waals surface area contributed by atoms with Gasteiger partial charge in [-0.3, -0.25) is 4.99 Å². The number of amidine groups is 1. The quantitative estimate of drug-likeness (QED) is 0.136. The fraction of sp³-hybridized carbons (Fsp3) is 0.121. The number of hydrogen-bond acceptors (Lipinski definition) is 3. The van der Waals surface area contributed by atoms with Gasteiger partial charge in [0.15, 0.2) is 0 Å². The minimum Gasteiger partial charge on any atom is -0.256 e. The fourth-order valence-electron chi connectivity index (χ4n) is 9.69. The SMILES string of the molecule is Cc1ccc(S(=O)(=O)N2C(c3ccc4ccccc4c3-c3c(P(c4cc(C)cc(C)c4)c4cc(C)cc(C)c4)ccc4ccccc34)=N[C@@H](c3ccccc3)[C@@H]2c2ccccc2)cc1. The number of benzene rings is 9. The van der Waals surface area contributed by atoms with Gasteiger partial charge < -0.3 is 0 Å². The molecule has 0 amide bonds. The van der Waals surface area contributed by atoms with Crippen LogP contribution in [-0.4, -0.2) is 18.6 Å². The molecule has 2 atom stereocenters. The highest BCUT2D eigenvalue weighted by Crippen LogP contribution is 2.50. The first kappa shape index (κ1) is 41.4. The first-order valence-corrected chi connectivity index (χ1v) is 24.6. The lowest BCUT2D eigenvalue weighted by Crippen LogP contribution is -2.38. The zero-order valence-electron chi connectivity index (χ0n) is 36.7. The predicted molar refractivity (Wildman–Crippen MR) is 270 cm³/mol. The molecule has 314 valence electrons. The molecule has 0 N–H and O–H groups in total. The summed E-state index contributed by atoms with van der Waals surface area (Å²) >= 11 is 0. The third-order valence-electron chi connectivity index (χ3n) is 12.4. The molecule has 1 aliphatic heterocycles. The van der Waals surface area contributed by atoms with E-state index in [9.17, 15) is 0 Å². The van der Waals surface area contributed by atoms with Crippen LogP contribution in [0.5, 0.6) is 0 Å². The average molecular weight is 869 g/mol. The molecule has 1 heterocycles. The number of aryl methyl sites for hydroxylation is 5. The number of rotatable bonds is 9. The van der Waals surface area contributed by atoms with E-state index in [1.807, 2.05) is 67.6 Å². The van der Waals surface area contributed by atoms with E-state index in [-0.39, 0.29) is 4.90 Å². The van der Waals surface area contributed by atoms with Crippen LogP contribution in [0, 0.1) is 34.6 Å². The maximum atomic E-state index is 15.7. The summed E-state index contributed by atoms with van der Waals surface area (Å²) in [6.07, 6.45) is 0. The van der Waals surface area contributed by atoms with Gasteiger partial charge in [0.05, 0.1) is 10.9 Å². The Hall–Kier alpha value is -6.65.